The number of amides is 2. The summed E-state index contributed by atoms with van der Waals surface area (Å²) in [6.45, 7) is 3.12. The molecule has 2 aromatic carbocycles. The number of para-hydroxylation sites is 1. The molecule has 0 saturated carbocycles. The Morgan fingerprint density at radius 1 is 1.13 bits per heavy atom. The van der Waals surface area contributed by atoms with E-state index in [4.69, 9.17) is 5.73 Å². The lowest BCUT2D eigenvalue weighted by atomic mass is 10.0. The van der Waals surface area contributed by atoms with Crippen molar-refractivity contribution < 1.29 is 4.79 Å². The van der Waals surface area contributed by atoms with Crippen LogP contribution in [0.4, 0.5) is 10.6 Å². The maximum atomic E-state index is 12.0. The Morgan fingerprint density at radius 2 is 1.80 bits per heavy atom. The molecule has 0 aliphatic heterocycles. The van der Waals surface area contributed by atoms with Crippen LogP contribution in [0.2, 0.25) is 0 Å². The SMILES string of the molecule is CC(CNC(=O)NCCCc1nn(-c2ccccc2)c(N)c1C#N)c1ccccc1. The number of benzene rings is 2. The first-order chi connectivity index (χ1) is 14.6. The van der Waals surface area contributed by atoms with Crippen molar-refractivity contribution in [2.24, 2.45) is 0 Å². The molecular weight excluding hydrogens is 376 g/mol. The summed E-state index contributed by atoms with van der Waals surface area (Å²) in [7, 11) is 0. The van der Waals surface area contributed by atoms with Crippen LogP contribution >= 0.6 is 0 Å². The van der Waals surface area contributed by atoms with E-state index < -0.39 is 0 Å². The Hall–Kier alpha value is -3.79. The van der Waals surface area contributed by atoms with E-state index in [-0.39, 0.29) is 11.9 Å². The summed E-state index contributed by atoms with van der Waals surface area (Å²) in [5.41, 5.74) is 9.14. The van der Waals surface area contributed by atoms with Gasteiger partial charge in [-0.15, -0.1) is 0 Å². The zero-order valence-corrected chi connectivity index (χ0v) is 17.0. The van der Waals surface area contributed by atoms with Crippen LogP contribution in [0, 0.1) is 11.3 Å². The number of rotatable bonds is 8. The summed E-state index contributed by atoms with van der Waals surface area (Å²) in [5.74, 6) is 0.569. The highest BCUT2D eigenvalue weighted by Gasteiger charge is 2.16. The summed E-state index contributed by atoms with van der Waals surface area (Å²) in [6.07, 6.45) is 1.20. The molecule has 1 atom stereocenters. The first kappa shape index (κ1) is 20.9. The van der Waals surface area contributed by atoms with Gasteiger partial charge in [0.2, 0.25) is 0 Å². The van der Waals surface area contributed by atoms with Crippen molar-refractivity contribution in [2.45, 2.75) is 25.7 Å². The summed E-state index contributed by atoms with van der Waals surface area (Å²) < 4.78 is 1.58. The molecule has 0 saturated heterocycles. The minimum atomic E-state index is -0.201. The summed E-state index contributed by atoms with van der Waals surface area (Å²) in [6, 6.07) is 21.5. The summed E-state index contributed by atoms with van der Waals surface area (Å²) in [4.78, 5) is 12.0. The lowest BCUT2D eigenvalue weighted by Crippen LogP contribution is -2.38. The molecule has 1 heterocycles. The molecule has 0 fully saturated rings. The van der Waals surface area contributed by atoms with Crippen LogP contribution in [0.1, 0.15) is 36.1 Å². The van der Waals surface area contributed by atoms with Gasteiger partial charge in [0.05, 0.1) is 11.4 Å². The highest BCUT2D eigenvalue weighted by atomic mass is 16.2. The van der Waals surface area contributed by atoms with E-state index in [1.165, 1.54) is 5.56 Å². The highest BCUT2D eigenvalue weighted by molar-refractivity contribution is 5.73. The maximum absolute atomic E-state index is 12.0. The van der Waals surface area contributed by atoms with E-state index in [9.17, 15) is 10.1 Å². The molecular formula is C23H26N6O. The minimum absolute atomic E-state index is 0.201. The Labute approximate surface area is 176 Å². The number of nitriles is 1. The van der Waals surface area contributed by atoms with E-state index in [0.717, 1.165) is 5.69 Å². The molecule has 0 aliphatic rings. The lowest BCUT2D eigenvalue weighted by Gasteiger charge is -2.13. The number of urea groups is 1. The predicted molar refractivity (Wildman–Crippen MR) is 117 cm³/mol. The van der Waals surface area contributed by atoms with Crippen LogP contribution in [0.25, 0.3) is 5.69 Å². The molecule has 0 aliphatic carbocycles. The molecule has 0 bridgehead atoms. The molecule has 1 aromatic heterocycles. The average molecular weight is 403 g/mol. The maximum Gasteiger partial charge on any atom is 0.314 e. The quantitative estimate of drug-likeness (QED) is 0.502. The number of hydrogen-bond acceptors (Lipinski definition) is 4. The zero-order valence-electron chi connectivity index (χ0n) is 17.0. The third-order valence-electron chi connectivity index (χ3n) is 4.92. The van der Waals surface area contributed by atoms with Crippen LogP contribution in [-0.4, -0.2) is 28.9 Å². The molecule has 30 heavy (non-hydrogen) atoms. The third kappa shape index (κ3) is 5.17. The Balaban J connectivity index is 1.47. The van der Waals surface area contributed by atoms with E-state index in [1.54, 1.807) is 4.68 Å². The van der Waals surface area contributed by atoms with Gasteiger partial charge in [-0.25, -0.2) is 9.48 Å². The van der Waals surface area contributed by atoms with Gasteiger partial charge < -0.3 is 16.4 Å². The van der Waals surface area contributed by atoms with Crippen molar-refractivity contribution in [3.05, 3.63) is 77.5 Å². The number of carbonyl (C=O) groups excluding carboxylic acids is 1. The first-order valence-corrected chi connectivity index (χ1v) is 9.99. The van der Waals surface area contributed by atoms with Gasteiger partial charge in [-0.1, -0.05) is 55.5 Å². The molecule has 2 amide bonds. The van der Waals surface area contributed by atoms with Crippen molar-refractivity contribution in [1.29, 1.82) is 5.26 Å². The fraction of sp³-hybridized carbons (Fsp3) is 0.261. The van der Waals surface area contributed by atoms with Gasteiger partial charge in [-0.3, -0.25) is 0 Å². The number of carbonyl (C=O) groups is 1. The molecule has 7 nitrogen and oxygen atoms in total. The Bertz CT molecular complexity index is 1010. The van der Waals surface area contributed by atoms with Gasteiger partial charge in [0.1, 0.15) is 17.5 Å². The van der Waals surface area contributed by atoms with Crippen molar-refractivity contribution in [2.75, 3.05) is 18.8 Å². The predicted octanol–water partition coefficient (Wildman–Crippen LogP) is 3.36. The van der Waals surface area contributed by atoms with Crippen molar-refractivity contribution >= 4 is 11.8 Å². The summed E-state index contributed by atoms with van der Waals surface area (Å²) >= 11 is 0. The number of nitrogen functional groups attached to an aromatic ring is 1. The van der Waals surface area contributed by atoms with E-state index >= 15 is 0 Å². The molecule has 0 radical (unpaired) electrons. The standard InChI is InChI=1S/C23H26N6O/c1-17(18-9-4-2-5-10-18)16-27-23(30)26-14-8-13-21-20(15-24)22(25)29(28-21)19-11-6-3-7-12-19/h2-7,9-12,17H,8,13-14,16,25H2,1H3,(H2,26,27,30). The van der Waals surface area contributed by atoms with Gasteiger partial charge >= 0.3 is 6.03 Å². The zero-order chi connectivity index (χ0) is 21.3. The molecule has 0 spiro atoms. The number of nitrogens with zero attached hydrogens (tertiary/aromatic N) is 3. The normalized spacial score (nSPS) is 11.5. The van der Waals surface area contributed by atoms with Gasteiger partial charge in [0.25, 0.3) is 0 Å². The molecule has 4 N–H and O–H groups in total. The minimum Gasteiger partial charge on any atom is -0.382 e. The van der Waals surface area contributed by atoms with Gasteiger partial charge in [-0.05, 0) is 36.5 Å². The number of hydrogen-bond donors (Lipinski definition) is 3. The number of aryl methyl sites for hydroxylation is 1. The second-order valence-electron chi connectivity index (χ2n) is 7.12. The number of nitrogens with two attached hydrogens (primary N) is 1. The van der Waals surface area contributed by atoms with Crippen LogP contribution in [0.3, 0.4) is 0 Å². The van der Waals surface area contributed by atoms with E-state index in [0.29, 0.717) is 43.0 Å². The lowest BCUT2D eigenvalue weighted by molar-refractivity contribution is 0.240. The molecule has 3 rings (SSSR count). The third-order valence-corrected chi connectivity index (χ3v) is 4.92. The second-order valence-corrected chi connectivity index (χ2v) is 7.12. The van der Waals surface area contributed by atoms with Gasteiger partial charge in [0, 0.05) is 13.1 Å². The number of anilines is 1. The number of nitrogens with one attached hydrogen (secondary N) is 2. The largest absolute Gasteiger partial charge is 0.382 e. The molecule has 1 unspecified atom stereocenters. The van der Waals surface area contributed by atoms with Crippen LogP contribution in [-0.2, 0) is 6.42 Å². The van der Waals surface area contributed by atoms with E-state index in [1.807, 2.05) is 48.5 Å². The van der Waals surface area contributed by atoms with Crippen LogP contribution in [0.15, 0.2) is 60.7 Å². The fourth-order valence-corrected chi connectivity index (χ4v) is 3.21. The van der Waals surface area contributed by atoms with Crippen molar-refractivity contribution in [3.8, 4) is 11.8 Å². The topological polar surface area (TPSA) is 109 Å². The van der Waals surface area contributed by atoms with Crippen LogP contribution in [0.5, 0.6) is 0 Å². The molecule has 154 valence electrons. The smallest absolute Gasteiger partial charge is 0.314 e. The Morgan fingerprint density at radius 3 is 2.47 bits per heavy atom. The van der Waals surface area contributed by atoms with Crippen molar-refractivity contribution in [1.82, 2.24) is 20.4 Å². The molecule has 7 heteroatoms. The Kier molecular flexibility index (Phi) is 7.06. The monoisotopic (exact) mass is 402 g/mol. The summed E-state index contributed by atoms with van der Waals surface area (Å²) in [5, 5.41) is 19.7. The number of aromatic nitrogens is 2. The fourth-order valence-electron chi connectivity index (χ4n) is 3.21. The van der Waals surface area contributed by atoms with Gasteiger partial charge in [-0.2, -0.15) is 10.4 Å². The average Bonchev–Trinajstić information content (AvgIpc) is 3.11. The van der Waals surface area contributed by atoms with E-state index in [2.05, 4.69) is 40.9 Å². The second kappa shape index (κ2) is 10.1. The first-order valence-electron chi connectivity index (χ1n) is 9.99. The van der Waals surface area contributed by atoms with Crippen molar-refractivity contribution in [3.63, 3.8) is 0 Å². The highest BCUT2D eigenvalue weighted by Crippen LogP contribution is 2.21. The molecule has 3 aromatic rings. The van der Waals surface area contributed by atoms with Crippen LogP contribution < -0.4 is 16.4 Å². The van der Waals surface area contributed by atoms with Gasteiger partial charge in [0.15, 0.2) is 0 Å².